The van der Waals surface area contributed by atoms with Crippen molar-refractivity contribution in [1.82, 2.24) is 0 Å². The van der Waals surface area contributed by atoms with E-state index in [2.05, 4.69) is 5.32 Å². The molecular weight excluding hydrogens is 212 g/mol. The SMILES string of the molecule is NCC1CCC(C(=O)Nc2ccsc2)O1. The molecule has 1 fully saturated rings. The Bertz CT molecular complexity index is 326. The van der Waals surface area contributed by atoms with Crippen molar-refractivity contribution in [3.05, 3.63) is 16.8 Å². The Hall–Kier alpha value is -0.910. The van der Waals surface area contributed by atoms with Crippen molar-refractivity contribution in [3.8, 4) is 0 Å². The topological polar surface area (TPSA) is 64.4 Å². The molecule has 3 N–H and O–H groups in total. The maximum absolute atomic E-state index is 11.7. The van der Waals surface area contributed by atoms with Gasteiger partial charge in [0.25, 0.3) is 5.91 Å². The number of hydrogen-bond acceptors (Lipinski definition) is 4. The van der Waals surface area contributed by atoms with Crippen molar-refractivity contribution in [3.63, 3.8) is 0 Å². The molecule has 2 unspecified atom stereocenters. The lowest BCUT2D eigenvalue weighted by Gasteiger charge is -2.11. The zero-order chi connectivity index (χ0) is 10.7. The van der Waals surface area contributed by atoms with E-state index in [9.17, 15) is 4.79 Å². The first-order chi connectivity index (χ1) is 7.29. The minimum Gasteiger partial charge on any atom is -0.364 e. The van der Waals surface area contributed by atoms with Crippen LogP contribution in [0.2, 0.25) is 0 Å². The minimum atomic E-state index is -0.335. The van der Waals surface area contributed by atoms with Gasteiger partial charge in [0.1, 0.15) is 6.10 Å². The number of anilines is 1. The van der Waals surface area contributed by atoms with E-state index in [-0.39, 0.29) is 18.1 Å². The first-order valence-electron chi connectivity index (χ1n) is 4.98. The summed E-state index contributed by atoms with van der Waals surface area (Å²) in [5, 5.41) is 6.63. The molecule has 15 heavy (non-hydrogen) atoms. The smallest absolute Gasteiger partial charge is 0.253 e. The Balaban J connectivity index is 1.87. The summed E-state index contributed by atoms with van der Waals surface area (Å²) >= 11 is 1.55. The van der Waals surface area contributed by atoms with Gasteiger partial charge in [0.2, 0.25) is 0 Å². The van der Waals surface area contributed by atoms with Gasteiger partial charge in [-0.25, -0.2) is 0 Å². The fourth-order valence-corrected chi connectivity index (χ4v) is 2.22. The molecule has 0 spiro atoms. The summed E-state index contributed by atoms with van der Waals surface area (Å²) in [5.74, 6) is -0.0654. The van der Waals surface area contributed by atoms with Gasteiger partial charge in [-0.05, 0) is 24.3 Å². The third-order valence-electron chi connectivity index (χ3n) is 2.45. The number of ether oxygens (including phenoxy) is 1. The van der Waals surface area contributed by atoms with E-state index in [0.717, 1.165) is 18.5 Å². The van der Waals surface area contributed by atoms with Crippen LogP contribution in [0.5, 0.6) is 0 Å². The molecule has 1 aliphatic heterocycles. The highest BCUT2D eigenvalue weighted by Gasteiger charge is 2.29. The van der Waals surface area contributed by atoms with Crippen LogP contribution in [-0.4, -0.2) is 24.7 Å². The molecule has 2 atom stereocenters. The van der Waals surface area contributed by atoms with Crippen molar-refractivity contribution < 1.29 is 9.53 Å². The van der Waals surface area contributed by atoms with E-state index in [1.165, 1.54) is 0 Å². The van der Waals surface area contributed by atoms with Crippen LogP contribution in [0.1, 0.15) is 12.8 Å². The fourth-order valence-electron chi connectivity index (χ4n) is 1.63. The van der Waals surface area contributed by atoms with E-state index in [1.54, 1.807) is 11.3 Å². The lowest BCUT2D eigenvalue weighted by molar-refractivity contribution is -0.126. The number of hydrogen-bond donors (Lipinski definition) is 2. The van der Waals surface area contributed by atoms with Gasteiger partial charge in [-0.3, -0.25) is 4.79 Å². The number of thiophene rings is 1. The molecule has 0 radical (unpaired) electrons. The minimum absolute atomic E-state index is 0.0447. The van der Waals surface area contributed by atoms with Crippen molar-refractivity contribution in [2.24, 2.45) is 5.73 Å². The molecule has 5 heteroatoms. The average molecular weight is 226 g/mol. The summed E-state index contributed by atoms with van der Waals surface area (Å²) in [6.45, 7) is 0.488. The Kier molecular flexibility index (Phi) is 3.35. The zero-order valence-corrected chi connectivity index (χ0v) is 9.13. The number of amides is 1. The van der Waals surface area contributed by atoms with Crippen molar-refractivity contribution >= 4 is 22.9 Å². The average Bonchev–Trinajstić information content (AvgIpc) is 2.86. The van der Waals surface area contributed by atoms with Crippen molar-refractivity contribution in [1.29, 1.82) is 0 Å². The molecule has 2 heterocycles. The molecule has 1 aliphatic rings. The molecule has 1 aromatic heterocycles. The summed E-state index contributed by atoms with van der Waals surface area (Å²) in [7, 11) is 0. The summed E-state index contributed by atoms with van der Waals surface area (Å²) < 4.78 is 5.49. The van der Waals surface area contributed by atoms with Gasteiger partial charge in [-0.2, -0.15) is 11.3 Å². The molecule has 1 aromatic rings. The summed E-state index contributed by atoms with van der Waals surface area (Å²) in [4.78, 5) is 11.7. The van der Waals surface area contributed by atoms with Gasteiger partial charge < -0.3 is 15.8 Å². The zero-order valence-electron chi connectivity index (χ0n) is 8.31. The molecule has 82 valence electrons. The van der Waals surface area contributed by atoms with Crippen LogP contribution in [0.3, 0.4) is 0 Å². The molecular formula is C10H14N2O2S. The summed E-state index contributed by atoms with van der Waals surface area (Å²) in [5.41, 5.74) is 6.31. The van der Waals surface area contributed by atoms with Gasteiger partial charge in [0, 0.05) is 11.9 Å². The summed E-state index contributed by atoms with van der Waals surface area (Å²) in [6, 6.07) is 1.87. The molecule has 4 nitrogen and oxygen atoms in total. The highest BCUT2D eigenvalue weighted by Crippen LogP contribution is 2.21. The van der Waals surface area contributed by atoms with Gasteiger partial charge >= 0.3 is 0 Å². The van der Waals surface area contributed by atoms with Gasteiger partial charge in [-0.1, -0.05) is 0 Å². The summed E-state index contributed by atoms with van der Waals surface area (Å²) in [6.07, 6.45) is 1.34. The Morgan fingerprint density at radius 2 is 2.53 bits per heavy atom. The Morgan fingerprint density at radius 1 is 1.67 bits per heavy atom. The van der Waals surface area contributed by atoms with E-state index in [4.69, 9.17) is 10.5 Å². The first kappa shape index (κ1) is 10.6. The molecule has 0 aromatic carbocycles. The second-order valence-electron chi connectivity index (χ2n) is 3.56. The van der Waals surface area contributed by atoms with Crippen molar-refractivity contribution in [2.75, 3.05) is 11.9 Å². The first-order valence-corrected chi connectivity index (χ1v) is 5.92. The molecule has 0 saturated carbocycles. The number of rotatable bonds is 3. The normalized spacial score (nSPS) is 25.4. The van der Waals surface area contributed by atoms with Crippen LogP contribution >= 0.6 is 11.3 Å². The molecule has 2 rings (SSSR count). The van der Waals surface area contributed by atoms with Crippen LogP contribution in [0.25, 0.3) is 0 Å². The second-order valence-corrected chi connectivity index (χ2v) is 4.34. The largest absolute Gasteiger partial charge is 0.364 e. The molecule has 0 bridgehead atoms. The highest BCUT2D eigenvalue weighted by molar-refractivity contribution is 7.08. The highest BCUT2D eigenvalue weighted by atomic mass is 32.1. The predicted molar refractivity (Wildman–Crippen MR) is 59.9 cm³/mol. The van der Waals surface area contributed by atoms with E-state index in [1.807, 2.05) is 16.8 Å². The van der Waals surface area contributed by atoms with E-state index < -0.39 is 0 Å². The number of nitrogens with two attached hydrogens (primary N) is 1. The number of nitrogens with one attached hydrogen (secondary N) is 1. The van der Waals surface area contributed by atoms with Crippen LogP contribution in [0, 0.1) is 0 Å². The van der Waals surface area contributed by atoms with Gasteiger partial charge in [0.05, 0.1) is 11.8 Å². The van der Waals surface area contributed by atoms with Gasteiger partial charge in [0.15, 0.2) is 0 Å². The molecule has 1 saturated heterocycles. The molecule has 1 amide bonds. The third-order valence-corrected chi connectivity index (χ3v) is 3.13. The maximum atomic E-state index is 11.7. The van der Waals surface area contributed by atoms with E-state index in [0.29, 0.717) is 6.54 Å². The van der Waals surface area contributed by atoms with Crippen molar-refractivity contribution in [2.45, 2.75) is 25.0 Å². The molecule has 0 aliphatic carbocycles. The van der Waals surface area contributed by atoms with Gasteiger partial charge in [-0.15, -0.1) is 0 Å². The lowest BCUT2D eigenvalue weighted by atomic mass is 10.2. The fraction of sp³-hybridized carbons (Fsp3) is 0.500. The van der Waals surface area contributed by atoms with Crippen LogP contribution < -0.4 is 11.1 Å². The Morgan fingerprint density at radius 3 is 3.13 bits per heavy atom. The third kappa shape index (κ3) is 2.56. The van der Waals surface area contributed by atoms with Crippen LogP contribution in [0.4, 0.5) is 5.69 Å². The van der Waals surface area contributed by atoms with Crippen LogP contribution in [-0.2, 0) is 9.53 Å². The monoisotopic (exact) mass is 226 g/mol. The maximum Gasteiger partial charge on any atom is 0.253 e. The predicted octanol–water partition coefficient (Wildman–Crippen LogP) is 1.19. The lowest BCUT2D eigenvalue weighted by Crippen LogP contribution is -2.29. The quantitative estimate of drug-likeness (QED) is 0.813. The van der Waals surface area contributed by atoms with Crippen LogP contribution in [0.15, 0.2) is 16.8 Å². The number of carbonyl (C=O) groups is 1. The second kappa shape index (κ2) is 4.74. The van der Waals surface area contributed by atoms with E-state index >= 15 is 0 Å². The standard InChI is InChI=1S/C10H14N2O2S/c11-5-8-1-2-9(14-8)10(13)12-7-3-4-15-6-7/h3-4,6,8-9H,1-2,5,11H2,(H,12,13). The number of carbonyl (C=O) groups excluding carboxylic acids is 1. The Labute approximate surface area is 92.4 Å².